The lowest BCUT2D eigenvalue weighted by Crippen LogP contribution is -1.83. The molecule has 0 bridgehead atoms. The zero-order valence-electron chi connectivity index (χ0n) is 8.11. The second-order valence-corrected chi connectivity index (χ2v) is 5.14. The van der Waals surface area contributed by atoms with Crippen molar-refractivity contribution in [2.45, 2.75) is 39.0 Å². The summed E-state index contributed by atoms with van der Waals surface area (Å²) in [6.45, 7) is 2.24. The van der Waals surface area contributed by atoms with Crippen LogP contribution in [-0.2, 0) is 6.42 Å². The first-order valence-corrected chi connectivity index (χ1v) is 6.09. The number of hydrogen-bond acceptors (Lipinski definition) is 1. The lowest BCUT2D eigenvalue weighted by atomic mass is 10.1. The second kappa shape index (κ2) is 8.27. The predicted octanol–water partition coefficient (Wildman–Crippen LogP) is 4.30. The SMILES string of the molecule is CCCCCCc1c[c]sc1Br.[HH].[Mg]. The molecular formula is C10H16BrMgS. The molecule has 0 aromatic carbocycles. The van der Waals surface area contributed by atoms with Crippen LogP contribution in [-0.4, -0.2) is 23.1 Å². The largest absolute Gasteiger partial charge is 0.127 e. The standard InChI is InChI=1S/C10H14BrS.Mg.H2/c1-2-3-4-5-6-9-7-8-12-10(9)11;;/h7H,2-6H2,1H3;;1H. The molecule has 0 amide bonds. The van der Waals surface area contributed by atoms with Crippen LogP contribution in [0.3, 0.4) is 0 Å². The average Bonchev–Trinajstić information content (AvgIpc) is 2.46. The number of hydrogen-bond donors (Lipinski definition) is 0. The van der Waals surface area contributed by atoms with Gasteiger partial charge in [0.15, 0.2) is 0 Å². The van der Waals surface area contributed by atoms with E-state index in [9.17, 15) is 0 Å². The highest BCUT2D eigenvalue weighted by Gasteiger charge is 1.99. The quantitative estimate of drug-likeness (QED) is 0.554. The average molecular weight is 273 g/mol. The molecule has 1 aromatic rings. The van der Waals surface area contributed by atoms with Crippen LogP contribution in [0.2, 0.25) is 0 Å². The maximum Gasteiger partial charge on any atom is 0.0737 e. The van der Waals surface area contributed by atoms with Gasteiger partial charge in [-0.1, -0.05) is 26.2 Å². The fourth-order valence-corrected chi connectivity index (χ4v) is 2.38. The van der Waals surface area contributed by atoms with Crippen LogP contribution in [0.25, 0.3) is 0 Å². The molecule has 0 spiro atoms. The van der Waals surface area contributed by atoms with Gasteiger partial charge >= 0.3 is 0 Å². The maximum absolute atomic E-state index is 3.52. The second-order valence-electron chi connectivity index (χ2n) is 2.97. The molecule has 1 heterocycles. The van der Waals surface area contributed by atoms with Crippen LogP contribution in [0.4, 0.5) is 0 Å². The fraction of sp³-hybridized carbons (Fsp3) is 0.600. The molecule has 0 aliphatic rings. The van der Waals surface area contributed by atoms with Gasteiger partial charge in [0, 0.05) is 29.9 Å². The lowest BCUT2D eigenvalue weighted by molar-refractivity contribution is 0.667. The molecule has 0 N–H and O–H groups in total. The number of aryl methyl sites for hydroxylation is 1. The molecule has 3 heteroatoms. The Morgan fingerprint density at radius 1 is 1.46 bits per heavy atom. The molecule has 0 unspecified atom stereocenters. The zero-order valence-corrected chi connectivity index (χ0v) is 11.9. The molecule has 0 aliphatic heterocycles. The lowest BCUT2D eigenvalue weighted by Gasteiger charge is -1.98. The Kier molecular flexibility index (Phi) is 8.87. The van der Waals surface area contributed by atoms with Crippen molar-refractivity contribution in [3.8, 4) is 0 Å². The van der Waals surface area contributed by atoms with Crippen LogP contribution in [0.1, 0.15) is 39.6 Å². The molecule has 1 aromatic heterocycles. The third kappa shape index (κ3) is 5.40. The van der Waals surface area contributed by atoms with E-state index in [1.165, 1.54) is 41.5 Å². The summed E-state index contributed by atoms with van der Waals surface area (Å²) in [7, 11) is 0. The first-order valence-electron chi connectivity index (χ1n) is 4.49. The van der Waals surface area contributed by atoms with Gasteiger partial charge in [0.1, 0.15) is 0 Å². The van der Waals surface area contributed by atoms with Crippen LogP contribution in [0.5, 0.6) is 0 Å². The Morgan fingerprint density at radius 2 is 2.23 bits per heavy atom. The number of rotatable bonds is 5. The minimum absolute atomic E-state index is 0. The first kappa shape index (κ1) is 13.9. The Morgan fingerprint density at radius 3 is 2.77 bits per heavy atom. The monoisotopic (exact) mass is 271 g/mol. The molecular weight excluding hydrogens is 256 g/mol. The molecule has 0 aliphatic carbocycles. The zero-order chi connectivity index (χ0) is 8.81. The van der Waals surface area contributed by atoms with Crippen molar-refractivity contribution < 1.29 is 1.43 Å². The van der Waals surface area contributed by atoms with Crippen molar-refractivity contribution in [3.05, 3.63) is 20.8 Å². The number of unbranched alkanes of at least 4 members (excludes halogenated alkanes) is 3. The topological polar surface area (TPSA) is 0 Å². The van der Waals surface area contributed by atoms with Crippen molar-refractivity contribution in [2.75, 3.05) is 0 Å². The third-order valence-corrected chi connectivity index (χ3v) is 3.61. The van der Waals surface area contributed by atoms with Crippen molar-refractivity contribution >= 4 is 50.3 Å². The minimum Gasteiger partial charge on any atom is -0.127 e. The van der Waals surface area contributed by atoms with Crippen LogP contribution in [0, 0.1) is 5.38 Å². The van der Waals surface area contributed by atoms with E-state index in [4.69, 9.17) is 0 Å². The van der Waals surface area contributed by atoms with Crippen molar-refractivity contribution in [1.29, 1.82) is 0 Å². The van der Waals surface area contributed by atoms with E-state index in [2.05, 4.69) is 34.3 Å². The third-order valence-electron chi connectivity index (χ3n) is 1.93. The van der Waals surface area contributed by atoms with Gasteiger partial charge in [0.25, 0.3) is 0 Å². The molecule has 71 valence electrons. The van der Waals surface area contributed by atoms with Crippen molar-refractivity contribution in [2.24, 2.45) is 0 Å². The van der Waals surface area contributed by atoms with Gasteiger partial charge < -0.3 is 0 Å². The predicted molar refractivity (Wildman–Crippen MR) is 66.6 cm³/mol. The summed E-state index contributed by atoms with van der Waals surface area (Å²) in [5.41, 5.74) is 1.43. The van der Waals surface area contributed by atoms with Gasteiger partial charge in [-0.25, -0.2) is 0 Å². The van der Waals surface area contributed by atoms with E-state index in [-0.39, 0.29) is 24.5 Å². The highest BCUT2D eigenvalue weighted by Crippen LogP contribution is 2.24. The molecule has 0 fully saturated rings. The van der Waals surface area contributed by atoms with E-state index in [0.29, 0.717) is 0 Å². The van der Waals surface area contributed by atoms with Gasteiger partial charge in [-0.05, 0) is 40.4 Å². The van der Waals surface area contributed by atoms with E-state index < -0.39 is 0 Å². The van der Waals surface area contributed by atoms with Gasteiger partial charge in [0.2, 0.25) is 0 Å². The smallest absolute Gasteiger partial charge is 0.0737 e. The Hall–Kier alpha value is 0.946. The molecule has 0 atom stereocenters. The molecule has 0 saturated carbocycles. The summed E-state index contributed by atoms with van der Waals surface area (Å²) in [6, 6.07) is 2.10. The summed E-state index contributed by atoms with van der Waals surface area (Å²) in [5.74, 6) is 0. The van der Waals surface area contributed by atoms with E-state index in [0.717, 1.165) is 0 Å². The molecule has 0 saturated heterocycles. The highest BCUT2D eigenvalue weighted by atomic mass is 79.9. The summed E-state index contributed by atoms with van der Waals surface area (Å²) in [5, 5.41) is 3.13. The Bertz CT molecular complexity index is 228. The number of thiophene rings is 1. The van der Waals surface area contributed by atoms with Crippen molar-refractivity contribution in [1.82, 2.24) is 0 Å². The van der Waals surface area contributed by atoms with Crippen LogP contribution in [0.15, 0.2) is 9.85 Å². The molecule has 0 nitrogen and oxygen atoms in total. The van der Waals surface area contributed by atoms with Gasteiger partial charge in [-0.3, -0.25) is 0 Å². The van der Waals surface area contributed by atoms with E-state index in [1.54, 1.807) is 11.3 Å². The summed E-state index contributed by atoms with van der Waals surface area (Å²) < 4.78 is 1.26. The van der Waals surface area contributed by atoms with Crippen LogP contribution < -0.4 is 0 Å². The molecule has 13 heavy (non-hydrogen) atoms. The molecule has 1 rings (SSSR count). The van der Waals surface area contributed by atoms with E-state index >= 15 is 0 Å². The minimum atomic E-state index is 0. The summed E-state index contributed by atoms with van der Waals surface area (Å²) >= 11 is 5.18. The van der Waals surface area contributed by atoms with E-state index in [1.807, 2.05) is 0 Å². The highest BCUT2D eigenvalue weighted by molar-refractivity contribution is 9.11. The molecule has 3 radical (unpaired) electrons. The fourth-order valence-electron chi connectivity index (χ4n) is 1.19. The van der Waals surface area contributed by atoms with Crippen molar-refractivity contribution in [3.63, 3.8) is 0 Å². The Labute approximate surface area is 111 Å². The first-order chi connectivity index (χ1) is 5.84. The number of halogens is 1. The Balaban J connectivity index is 0. The van der Waals surface area contributed by atoms with Crippen LogP contribution >= 0.6 is 27.3 Å². The maximum atomic E-state index is 3.52. The van der Waals surface area contributed by atoms with Gasteiger partial charge in [-0.15, -0.1) is 11.3 Å². The van der Waals surface area contributed by atoms with Gasteiger partial charge in [-0.2, -0.15) is 0 Å². The summed E-state index contributed by atoms with van der Waals surface area (Å²) in [4.78, 5) is 0. The van der Waals surface area contributed by atoms with Gasteiger partial charge in [0.05, 0.1) is 3.79 Å². The summed E-state index contributed by atoms with van der Waals surface area (Å²) in [6.07, 6.45) is 6.57. The normalized spacial score (nSPS) is 9.69.